The van der Waals surface area contributed by atoms with E-state index in [1.165, 1.54) is 68.4 Å². The van der Waals surface area contributed by atoms with Gasteiger partial charge in [-0.25, -0.2) is 0 Å². The maximum Gasteiger partial charge on any atom is 0.504 e. The molecule has 0 amide bonds. The van der Waals surface area contributed by atoms with Crippen LogP contribution in [0, 0.1) is 0 Å². The van der Waals surface area contributed by atoms with Gasteiger partial charge in [0.05, 0.1) is 0 Å². The molecule has 0 aromatic carbocycles. The quantitative estimate of drug-likeness (QED) is 0.0532. The van der Waals surface area contributed by atoms with Crippen LogP contribution >= 0.6 is 0 Å². The molecule has 24 nitrogen and oxygen atoms in total. The van der Waals surface area contributed by atoms with Gasteiger partial charge in [0, 0.05) is 0 Å². The van der Waals surface area contributed by atoms with Gasteiger partial charge in [0.25, 0.3) is 0 Å². The average Bonchev–Trinajstić information content (AvgIpc) is 0.746. The van der Waals surface area contributed by atoms with Crippen molar-refractivity contribution in [2.45, 2.75) is 236 Å². The minimum atomic E-state index is -4.90. The Bertz CT molecular complexity index is 2370. The molecule has 1 rings (SSSR count). The van der Waals surface area contributed by atoms with Crippen LogP contribution in [-0.2, 0) is 98.8 Å². The summed E-state index contributed by atoms with van der Waals surface area (Å²) in [7, 11) is -94.9. The fourth-order valence-electron chi connectivity index (χ4n) is 9.75. The second kappa shape index (κ2) is 37.8. The van der Waals surface area contributed by atoms with E-state index in [0.717, 1.165) is 0 Å². The molecule has 0 atom stereocenters. The van der Waals surface area contributed by atoms with Crippen LogP contribution in [-0.4, -0.2) is 205 Å². The lowest BCUT2D eigenvalue weighted by Crippen LogP contribution is -2.75. The Morgan fingerprint density at radius 3 is 0.204 bits per heavy atom. The molecular weight excluding hydrogens is 1780 g/mol. The predicted molar refractivity (Wildman–Crippen MR) is 498 cm³/mol. The normalized spacial score (nSPS) is 32.8. The second-order valence-electron chi connectivity index (χ2n) is 37.5. The molecule has 624 valence electrons. The maximum atomic E-state index is 7.85. The molecule has 1 saturated heterocycles. The van der Waals surface area contributed by atoms with E-state index in [1.54, 1.807) is 0 Å². The van der Waals surface area contributed by atoms with Crippen molar-refractivity contribution in [1.29, 1.82) is 0 Å². The third-order valence-electron chi connectivity index (χ3n) is 11.8. The molecule has 0 spiro atoms. The number of hydrogen-bond acceptors (Lipinski definition) is 24. The van der Waals surface area contributed by atoms with Crippen LogP contribution in [0.15, 0.2) is 147 Å². The predicted octanol–water partition coefficient (Wildman–Crippen LogP) is 18.4. The first-order valence-corrected chi connectivity index (χ1v) is 98.7. The van der Waals surface area contributed by atoms with Crippen molar-refractivity contribution < 1.29 is 98.8 Å². The minimum absolute atomic E-state index is 1.50. The Morgan fingerprint density at radius 2 is 0.176 bits per heavy atom. The lowest BCUT2D eigenvalue weighted by Gasteiger charge is -2.50. The van der Waals surface area contributed by atoms with Crippen LogP contribution in [0.4, 0.5) is 0 Å². The molecule has 0 aromatic rings. The van der Waals surface area contributed by atoms with Gasteiger partial charge in [-0.3, -0.25) is 0 Å². The number of rotatable bonds is 36. The summed E-state index contributed by atoms with van der Waals surface area (Å²) < 4.78 is 184. The first kappa shape index (κ1) is 107. The summed E-state index contributed by atoms with van der Waals surface area (Å²) in [6.07, 6.45) is 0. The van der Waals surface area contributed by atoms with E-state index < -0.39 is 205 Å². The molecule has 1 aliphatic heterocycles. The highest BCUT2D eigenvalue weighted by molar-refractivity contribution is 7.04. The zero-order valence-corrected chi connectivity index (χ0v) is 97.2. The van der Waals surface area contributed by atoms with Crippen LogP contribution in [0.5, 0.6) is 0 Å². The van der Waals surface area contributed by atoms with Gasteiger partial charge in [-0.2, -0.15) is 0 Å². The molecule has 1 heterocycles. The first-order valence-electron chi connectivity index (χ1n) is 36.2. The molecule has 0 radical (unpaired) electrons. The van der Waals surface area contributed by atoms with Crippen molar-refractivity contribution in [2.24, 2.45) is 0 Å². The van der Waals surface area contributed by atoms with E-state index in [0.29, 0.717) is 0 Å². The Hall–Kier alpha value is 1.13. The molecule has 0 bridgehead atoms. The standard InChI is InChI=1S/C60H144O24Si24/c1-49-97(61-85(13,14)15)73-98(50-2,62-86(16,17)18)75-100(52-4,64-88(22,23)24)77-102(54-6,66-90(28,29)30)79-104(56-8,68-92(34,35)36)81-106(58-10,70-94(40,41)42)83-108(60-12,72-96(46,47)48)84-107(59-11,71-95(43,44)45)82-105(57-9,69-93(37,38)39)80-103(55-7,67-91(31,32)33)78-101(53-5,65-89(25,26)27)76-99(51-3,74-97)63-87(19,20)21/h49-60H,1-12H2,13-48H3. The maximum absolute atomic E-state index is 7.85. The van der Waals surface area contributed by atoms with E-state index in [2.05, 4.69) is 78.9 Å². The Labute approximate surface area is 681 Å². The van der Waals surface area contributed by atoms with Crippen molar-refractivity contribution in [3.05, 3.63) is 147 Å². The topological polar surface area (TPSA) is 222 Å². The second-order valence-corrected chi connectivity index (χ2v) is 127. The zero-order valence-electron chi connectivity index (χ0n) is 73.2. The highest BCUT2D eigenvalue weighted by Crippen LogP contribution is 2.44. The SMILES string of the molecule is C=C[Si]1(O[Si](C)(C)C)O[Si](C=C)(O[Si](C)(C)C)O[Si](C=C)(O[Si](C)(C)C)O[Si](C=C)(O[Si](C)(C)C)O[Si](C=C)(O[Si](C)(C)C)O[Si](C=C)(O[Si](C)(C)C)O[Si](C=C)(O[Si](C)(C)C)O[Si](C=C)(O[Si](C)(C)C)O[Si](C=C)(O[Si](C)(C)C)O[Si](C=C)(O[Si](C)(C)C)O[Si](C=C)(O[Si](C)(C)C)O[Si](C=C)(O[Si](C)(C)C)O1. The van der Waals surface area contributed by atoms with Gasteiger partial charge in [-0.15, -0.1) is 78.9 Å². The fourth-order valence-corrected chi connectivity index (χ4v) is 101. The summed E-state index contributed by atoms with van der Waals surface area (Å²) in [5, 5.41) is 0. The van der Waals surface area contributed by atoms with Crippen molar-refractivity contribution in [3.8, 4) is 0 Å². The van der Waals surface area contributed by atoms with Gasteiger partial charge in [-0.1, -0.05) is 0 Å². The molecule has 0 unspecified atom stereocenters. The largest absolute Gasteiger partial charge is 0.504 e. The summed E-state index contributed by atoms with van der Waals surface area (Å²) in [4.78, 5) is 0. The highest BCUT2D eigenvalue weighted by Gasteiger charge is 2.72. The summed E-state index contributed by atoms with van der Waals surface area (Å²) in [6.45, 7) is 125. The van der Waals surface area contributed by atoms with Crippen LogP contribution in [0.1, 0.15) is 0 Å². The summed E-state index contributed by atoms with van der Waals surface area (Å²) in [5.74, 6) is 0. The van der Waals surface area contributed by atoms with Gasteiger partial charge >= 0.3 is 106 Å². The molecule has 1 fully saturated rings. The monoisotopic (exact) mass is 1920 g/mol. The minimum Gasteiger partial charge on any atom is -0.414 e. The van der Waals surface area contributed by atoms with Crippen molar-refractivity contribution >= 4 is 205 Å². The lowest BCUT2D eigenvalue weighted by atomic mass is 11.3. The molecule has 0 N–H and O–H groups in total. The van der Waals surface area contributed by atoms with Crippen LogP contribution < -0.4 is 0 Å². The van der Waals surface area contributed by atoms with Gasteiger partial charge in [0.1, 0.15) is 0 Å². The molecule has 108 heavy (non-hydrogen) atoms. The molecule has 48 heteroatoms. The Morgan fingerprint density at radius 1 is 0.130 bits per heavy atom. The Balaban J connectivity index is 6.23. The van der Waals surface area contributed by atoms with Crippen LogP contribution in [0.25, 0.3) is 0 Å². The molecule has 1 aliphatic rings. The smallest absolute Gasteiger partial charge is 0.414 e. The zero-order chi connectivity index (χ0) is 85.5. The van der Waals surface area contributed by atoms with Gasteiger partial charge in [0.2, 0.25) is 0 Å². The summed E-state index contributed by atoms with van der Waals surface area (Å²) in [6, 6.07) is 0. The molecule has 0 aromatic heterocycles. The van der Waals surface area contributed by atoms with E-state index in [9.17, 15) is 0 Å². The van der Waals surface area contributed by atoms with Crippen LogP contribution in [0.3, 0.4) is 0 Å². The van der Waals surface area contributed by atoms with E-state index in [1.807, 2.05) is 236 Å². The van der Waals surface area contributed by atoms with Gasteiger partial charge in [0.15, 0.2) is 99.8 Å². The summed E-state index contributed by atoms with van der Waals surface area (Å²) >= 11 is 0. The van der Waals surface area contributed by atoms with E-state index in [4.69, 9.17) is 98.8 Å². The molecule has 0 saturated carbocycles. The van der Waals surface area contributed by atoms with Crippen LogP contribution in [0.2, 0.25) is 236 Å². The Kier molecular flexibility index (Phi) is 37.5. The fraction of sp³-hybridized carbons (Fsp3) is 0.600. The van der Waals surface area contributed by atoms with Crippen molar-refractivity contribution in [3.63, 3.8) is 0 Å². The van der Waals surface area contributed by atoms with Crippen molar-refractivity contribution in [2.75, 3.05) is 0 Å². The lowest BCUT2D eigenvalue weighted by molar-refractivity contribution is 0.109. The first-order chi connectivity index (χ1) is 47.7. The average molecular weight is 1920 g/mol. The summed E-state index contributed by atoms with van der Waals surface area (Å²) in [5.41, 5.74) is 18.0. The van der Waals surface area contributed by atoms with Gasteiger partial charge in [-0.05, 0) is 304 Å². The molecule has 0 aliphatic carbocycles. The third-order valence-corrected chi connectivity index (χ3v) is 88.2. The molecular formula is C60H144O24Si24. The van der Waals surface area contributed by atoms with Gasteiger partial charge < -0.3 is 98.8 Å². The van der Waals surface area contributed by atoms with E-state index in [-0.39, 0.29) is 0 Å². The van der Waals surface area contributed by atoms with E-state index >= 15 is 0 Å². The van der Waals surface area contributed by atoms with Crippen molar-refractivity contribution in [1.82, 2.24) is 0 Å². The highest BCUT2D eigenvalue weighted by atomic mass is 28.6. The third kappa shape index (κ3) is 36.8. The number of hydrogen-bond donors (Lipinski definition) is 0.